The van der Waals surface area contributed by atoms with Crippen molar-refractivity contribution >= 4 is 17.4 Å². The number of hydrogen-bond donors (Lipinski definition) is 2. The van der Waals surface area contributed by atoms with E-state index in [2.05, 4.69) is 36.1 Å². The molecule has 0 bridgehead atoms. The van der Waals surface area contributed by atoms with E-state index in [1.807, 2.05) is 4.90 Å². The van der Waals surface area contributed by atoms with Crippen LogP contribution in [0, 0.1) is 5.92 Å². The number of alkyl halides is 3. The molecule has 2 aromatic rings. The van der Waals surface area contributed by atoms with Crippen molar-refractivity contribution in [2.24, 2.45) is 5.92 Å². The van der Waals surface area contributed by atoms with Gasteiger partial charge in [0, 0.05) is 35.6 Å². The first-order chi connectivity index (χ1) is 14.6. The van der Waals surface area contributed by atoms with Crippen molar-refractivity contribution in [3.05, 3.63) is 47.3 Å². The highest BCUT2D eigenvalue weighted by Gasteiger charge is 2.38. The largest absolute Gasteiger partial charge is 0.418 e. The first kappa shape index (κ1) is 23.0. The van der Waals surface area contributed by atoms with E-state index in [-0.39, 0.29) is 27.7 Å². The molecular formula is C22H34F3N5O. The smallest absolute Gasteiger partial charge is 0.383 e. The summed E-state index contributed by atoms with van der Waals surface area (Å²) >= 11 is 0. The summed E-state index contributed by atoms with van der Waals surface area (Å²) in [5.41, 5.74) is 3.91. The van der Waals surface area contributed by atoms with Gasteiger partial charge in [0.2, 0.25) is 5.78 Å². The first-order valence-corrected chi connectivity index (χ1v) is 10.4. The maximum atomic E-state index is 13.7. The molecule has 2 aromatic heterocycles. The van der Waals surface area contributed by atoms with Gasteiger partial charge < -0.3 is 16.0 Å². The highest BCUT2D eigenvalue weighted by Crippen LogP contribution is 2.34. The molecule has 2 atom stereocenters. The number of pyridine rings is 2. The number of nitrogens with two attached hydrogens (primary N) is 1. The number of halogens is 3. The molecule has 31 heavy (non-hydrogen) atoms. The summed E-state index contributed by atoms with van der Waals surface area (Å²) in [5.74, 6) is -0.188. The van der Waals surface area contributed by atoms with Crippen LogP contribution in [-0.2, 0) is 6.18 Å². The zero-order valence-corrected chi connectivity index (χ0v) is 17.9. The lowest BCUT2D eigenvalue weighted by Crippen LogP contribution is -2.57. The zero-order valence-electron chi connectivity index (χ0n) is 17.9. The number of nitrogen functional groups attached to an aromatic ring is 1. The summed E-state index contributed by atoms with van der Waals surface area (Å²) in [5, 5.41) is 3.60. The van der Waals surface area contributed by atoms with Crippen LogP contribution < -0.4 is 16.0 Å². The second-order valence-corrected chi connectivity index (χ2v) is 8.33. The summed E-state index contributed by atoms with van der Waals surface area (Å²) in [6.45, 7) is 7.54. The first-order valence-electron chi connectivity index (χ1n) is 10.4. The number of anilines is 2. The minimum absolute atomic E-state index is 0. The van der Waals surface area contributed by atoms with Crippen LogP contribution in [0.3, 0.4) is 0 Å². The molecule has 1 saturated heterocycles. The van der Waals surface area contributed by atoms with Crippen LogP contribution in [0.25, 0.3) is 0 Å². The highest BCUT2D eigenvalue weighted by molar-refractivity contribution is 6.11. The Morgan fingerprint density at radius 1 is 1.29 bits per heavy atom. The van der Waals surface area contributed by atoms with E-state index >= 15 is 0 Å². The summed E-state index contributed by atoms with van der Waals surface area (Å²) < 4.78 is 41.0. The Labute approximate surface area is 184 Å². The van der Waals surface area contributed by atoms with Crippen LogP contribution >= 0.6 is 0 Å². The molecule has 0 aromatic carbocycles. The number of aromatic nitrogens is 2. The third kappa shape index (κ3) is 5.33. The molecule has 6 nitrogen and oxygen atoms in total. The number of hydrogen-bond acceptors (Lipinski definition) is 6. The molecule has 0 radical (unpaired) electrons. The van der Waals surface area contributed by atoms with Crippen molar-refractivity contribution in [3.8, 4) is 0 Å². The van der Waals surface area contributed by atoms with E-state index in [4.69, 9.17) is 5.73 Å². The van der Waals surface area contributed by atoms with Gasteiger partial charge in [0.1, 0.15) is 17.3 Å². The SMILES string of the molecule is CC[C@H]1CN(c2ccc(C(F)(F)F)c(C(=O)c3cccnc3N)n2)C[C@H](CC(C)C)N1.[HH].[HH].[HH]. The molecule has 0 saturated carbocycles. The lowest BCUT2D eigenvalue weighted by atomic mass is 9.98. The normalized spacial score (nSPS) is 19.6. The summed E-state index contributed by atoms with van der Waals surface area (Å²) in [7, 11) is 0. The Morgan fingerprint density at radius 3 is 2.61 bits per heavy atom. The fraction of sp³-hybridized carbons (Fsp3) is 0.500. The van der Waals surface area contributed by atoms with Crippen LogP contribution in [0.4, 0.5) is 24.8 Å². The summed E-state index contributed by atoms with van der Waals surface area (Å²) in [4.78, 5) is 23.0. The van der Waals surface area contributed by atoms with Crippen molar-refractivity contribution in [1.82, 2.24) is 15.3 Å². The van der Waals surface area contributed by atoms with E-state index in [1.54, 1.807) is 0 Å². The molecule has 1 aliphatic heterocycles. The van der Waals surface area contributed by atoms with Gasteiger partial charge in [0.15, 0.2) is 0 Å². The molecule has 3 rings (SSSR count). The summed E-state index contributed by atoms with van der Waals surface area (Å²) in [6.07, 6.45) is -1.53. The third-order valence-electron chi connectivity index (χ3n) is 5.41. The number of nitrogens with zero attached hydrogens (tertiary/aromatic N) is 3. The molecule has 174 valence electrons. The predicted octanol–water partition coefficient (Wildman–Crippen LogP) is 4.65. The van der Waals surface area contributed by atoms with Gasteiger partial charge in [-0.15, -0.1) is 0 Å². The van der Waals surface area contributed by atoms with E-state index in [9.17, 15) is 18.0 Å². The number of piperazine rings is 1. The Balaban J connectivity index is 0.00000363. The van der Waals surface area contributed by atoms with Gasteiger partial charge in [-0.05, 0) is 43.0 Å². The minimum atomic E-state index is -4.72. The standard InChI is InChI=1S/C22H28F3N5O.3H2/c1-4-14-11-30(12-15(28-14)10-13(2)3)18-8-7-17(22(23,24)25)19(29-18)20(31)16-6-5-9-27-21(16)26;;;/h5-9,13-15,28H,4,10-12H2,1-3H3,(H2,26,27);3*1H/t14-,15-;;;/m0.../s1. The fourth-order valence-electron chi connectivity index (χ4n) is 3.95. The quantitative estimate of drug-likeness (QED) is 0.635. The molecule has 0 spiro atoms. The maximum absolute atomic E-state index is 13.7. The average molecular weight is 442 g/mol. The molecule has 0 amide bonds. The lowest BCUT2D eigenvalue weighted by molar-refractivity contribution is -0.138. The predicted molar refractivity (Wildman–Crippen MR) is 120 cm³/mol. The number of rotatable bonds is 6. The van der Waals surface area contributed by atoms with Crippen molar-refractivity contribution in [1.29, 1.82) is 0 Å². The Bertz CT molecular complexity index is 946. The molecule has 3 N–H and O–H groups in total. The van der Waals surface area contributed by atoms with Crippen LogP contribution in [0.5, 0.6) is 0 Å². The Kier molecular flexibility index (Phi) is 6.83. The molecule has 3 heterocycles. The maximum Gasteiger partial charge on any atom is 0.418 e. The second-order valence-electron chi connectivity index (χ2n) is 8.33. The molecule has 0 unspecified atom stereocenters. The van der Waals surface area contributed by atoms with Crippen molar-refractivity contribution in [3.63, 3.8) is 0 Å². The van der Waals surface area contributed by atoms with E-state index in [0.29, 0.717) is 24.8 Å². The monoisotopic (exact) mass is 441 g/mol. The van der Waals surface area contributed by atoms with Gasteiger partial charge in [-0.2, -0.15) is 13.2 Å². The second kappa shape index (κ2) is 9.21. The van der Waals surface area contributed by atoms with Gasteiger partial charge >= 0.3 is 6.18 Å². The zero-order chi connectivity index (χ0) is 22.8. The number of ketones is 1. The highest BCUT2D eigenvalue weighted by atomic mass is 19.4. The van der Waals surface area contributed by atoms with Crippen LogP contribution in [0.15, 0.2) is 30.5 Å². The van der Waals surface area contributed by atoms with Gasteiger partial charge in [0.05, 0.1) is 11.1 Å². The van der Waals surface area contributed by atoms with Gasteiger partial charge in [-0.1, -0.05) is 20.8 Å². The molecule has 1 aliphatic rings. The minimum Gasteiger partial charge on any atom is -0.383 e. The van der Waals surface area contributed by atoms with Crippen LogP contribution in [-0.4, -0.2) is 40.9 Å². The number of carbonyl (C=O) groups is 1. The topological polar surface area (TPSA) is 84.1 Å². The van der Waals surface area contributed by atoms with Gasteiger partial charge in [0.25, 0.3) is 0 Å². The Hall–Kier alpha value is -2.68. The third-order valence-corrected chi connectivity index (χ3v) is 5.41. The lowest BCUT2D eigenvalue weighted by Gasteiger charge is -2.40. The Morgan fingerprint density at radius 2 is 2.00 bits per heavy atom. The average Bonchev–Trinajstić information content (AvgIpc) is 2.71. The summed E-state index contributed by atoms with van der Waals surface area (Å²) in [6, 6.07) is 5.47. The molecular weight excluding hydrogens is 407 g/mol. The fourth-order valence-corrected chi connectivity index (χ4v) is 3.95. The number of nitrogens with one attached hydrogen (secondary N) is 1. The van der Waals surface area contributed by atoms with Crippen LogP contribution in [0.1, 0.15) is 59.5 Å². The van der Waals surface area contributed by atoms with E-state index < -0.39 is 23.2 Å². The molecule has 0 aliphatic carbocycles. The van der Waals surface area contributed by atoms with Crippen molar-refractivity contribution in [2.45, 2.75) is 51.9 Å². The van der Waals surface area contributed by atoms with Crippen LogP contribution in [0.2, 0.25) is 0 Å². The van der Waals surface area contributed by atoms with Gasteiger partial charge in [-0.3, -0.25) is 4.79 Å². The van der Waals surface area contributed by atoms with Crippen molar-refractivity contribution < 1.29 is 22.2 Å². The molecule has 9 heteroatoms. The number of carbonyl (C=O) groups excluding carboxylic acids is 1. The van der Waals surface area contributed by atoms with E-state index in [0.717, 1.165) is 18.9 Å². The molecule has 1 fully saturated rings. The van der Waals surface area contributed by atoms with E-state index in [1.165, 1.54) is 24.4 Å². The van der Waals surface area contributed by atoms with Crippen molar-refractivity contribution in [2.75, 3.05) is 23.7 Å². The van der Waals surface area contributed by atoms with Gasteiger partial charge in [-0.25, -0.2) is 9.97 Å².